The zero-order chi connectivity index (χ0) is 28.2. The molecule has 2 heterocycles. The van der Waals surface area contributed by atoms with Gasteiger partial charge in [-0.3, -0.25) is 14.4 Å². The van der Waals surface area contributed by atoms with Crippen LogP contribution in [-0.4, -0.2) is 35.7 Å². The molecule has 0 radical (unpaired) electrons. The van der Waals surface area contributed by atoms with E-state index in [4.69, 9.17) is 4.42 Å². The molecule has 1 saturated heterocycles. The molecule has 7 nitrogen and oxygen atoms in total. The molecule has 5 rings (SSSR count). The molecule has 0 bridgehead atoms. The fourth-order valence-electron chi connectivity index (χ4n) is 4.65. The molecule has 3 amide bonds. The number of anilines is 2. The summed E-state index contributed by atoms with van der Waals surface area (Å²) in [4.78, 5) is 39.2. The summed E-state index contributed by atoms with van der Waals surface area (Å²) in [5, 5.41) is 5.17. The zero-order valence-corrected chi connectivity index (χ0v) is 21.1. The lowest BCUT2D eigenvalue weighted by atomic mass is 9.89. The number of carbonyl (C=O) groups is 3. The van der Waals surface area contributed by atoms with Crippen LogP contribution in [0.5, 0.6) is 0 Å². The van der Waals surface area contributed by atoms with E-state index in [1.165, 1.54) is 6.26 Å². The maximum Gasteiger partial charge on any atom is 0.291 e. The second-order valence-corrected chi connectivity index (χ2v) is 9.40. The van der Waals surface area contributed by atoms with Gasteiger partial charge in [0.2, 0.25) is 0 Å². The van der Waals surface area contributed by atoms with Gasteiger partial charge < -0.3 is 20.0 Å². The first-order valence-electron chi connectivity index (χ1n) is 12.6. The van der Waals surface area contributed by atoms with E-state index in [0.717, 1.165) is 18.4 Å². The highest BCUT2D eigenvalue weighted by atomic mass is 19.2. The predicted octanol–water partition coefficient (Wildman–Crippen LogP) is 6.22. The first-order valence-corrected chi connectivity index (χ1v) is 12.6. The summed E-state index contributed by atoms with van der Waals surface area (Å²) in [5.41, 5.74) is 1.72. The number of nitrogens with one attached hydrogen (secondary N) is 2. The van der Waals surface area contributed by atoms with Gasteiger partial charge in [-0.1, -0.05) is 12.1 Å². The number of hydrogen-bond acceptors (Lipinski definition) is 4. The molecule has 0 aliphatic carbocycles. The Morgan fingerprint density at radius 3 is 2.05 bits per heavy atom. The Kier molecular flexibility index (Phi) is 7.68. The lowest BCUT2D eigenvalue weighted by Gasteiger charge is -2.32. The molecule has 1 fully saturated rings. The third-order valence-corrected chi connectivity index (χ3v) is 6.79. The number of halogens is 3. The van der Waals surface area contributed by atoms with E-state index in [1.807, 2.05) is 12.1 Å². The van der Waals surface area contributed by atoms with Crippen LogP contribution < -0.4 is 10.6 Å². The van der Waals surface area contributed by atoms with Crippen molar-refractivity contribution in [1.82, 2.24) is 4.90 Å². The summed E-state index contributed by atoms with van der Waals surface area (Å²) in [6.07, 6.45) is 2.89. The number of hydrogen-bond donors (Lipinski definition) is 2. The van der Waals surface area contributed by atoms with Crippen molar-refractivity contribution >= 4 is 29.1 Å². The summed E-state index contributed by atoms with van der Waals surface area (Å²) in [5.74, 6) is -4.93. The zero-order valence-electron chi connectivity index (χ0n) is 21.1. The highest BCUT2D eigenvalue weighted by Crippen LogP contribution is 2.30. The van der Waals surface area contributed by atoms with Crippen molar-refractivity contribution in [3.8, 4) is 0 Å². The van der Waals surface area contributed by atoms with Crippen molar-refractivity contribution in [3.05, 3.63) is 119 Å². The average Bonchev–Trinajstić information content (AvgIpc) is 3.51. The van der Waals surface area contributed by atoms with Gasteiger partial charge in [-0.2, -0.15) is 0 Å². The van der Waals surface area contributed by atoms with E-state index in [0.29, 0.717) is 42.2 Å². The van der Waals surface area contributed by atoms with Crippen molar-refractivity contribution in [2.75, 3.05) is 23.7 Å². The molecule has 204 valence electrons. The van der Waals surface area contributed by atoms with E-state index < -0.39 is 28.9 Å². The lowest BCUT2D eigenvalue weighted by molar-refractivity contribution is 0.0712. The van der Waals surface area contributed by atoms with Crippen LogP contribution in [0.3, 0.4) is 0 Å². The maximum absolute atomic E-state index is 13.9. The molecule has 10 heteroatoms. The van der Waals surface area contributed by atoms with Gasteiger partial charge in [-0.15, -0.1) is 0 Å². The molecule has 40 heavy (non-hydrogen) atoms. The highest BCUT2D eigenvalue weighted by molar-refractivity contribution is 6.04. The highest BCUT2D eigenvalue weighted by Gasteiger charge is 2.25. The van der Waals surface area contributed by atoms with Crippen molar-refractivity contribution in [3.63, 3.8) is 0 Å². The van der Waals surface area contributed by atoms with Crippen LogP contribution in [0.1, 0.15) is 55.6 Å². The summed E-state index contributed by atoms with van der Waals surface area (Å²) < 4.78 is 45.8. The Morgan fingerprint density at radius 2 is 1.43 bits per heavy atom. The molecular weight excluding hydrogens is 523 g/mol. The van der Waals surface area contributed by atoms with Crippen LogP contribution in [0.25, 0.3) is 0 Å². The van der Waals surface area contributed by atoms with Gasteiger partial charge in [0.1, 0.15) is 5.82 Å². The van der Waals surface area contributed by atoms with Crippen LogP contribution in [-0.2, 0) is 0 Å². The van der Waals surface area contributed by atoms with E-state index in [1.54, 1.807) is 53.4 Å². The van der Waals surface area contributed by atoms with Gasteiger partial charge in [-0.05, 0) is 78.9 Å². The molecule has 2 N–H and O–H groups in total. The number of benzene rings is 3. The molecule has 4 aromatic rings. The van der Waals surface area contributed by atoms with Gasteiger partial charge >= 0.3 is 0 Å². The second kappa shape index (κ2) is 11.5. The van der Waals surface area contributed by atoms with Crippen molar-refractivity contribution in [2.45, 2.75) is 18.8 Å². The molecule has 0 saturated carbocycles. The molecule has 0 unspecified atom stereocenters. The average molecular weight is 548 g/mol. The normalized spacial score (nSPS) is 13.6. The molecule has 1 aliphatic heterocycles. The van der Waals surface area contributed by atoms with E-state index in [9.17, 15) is 27.6 Å². The summed E-state index contributed by atoms with van der Waals surface area (Å²) in [7, 11) is 0. The van der Waals surface area contributed by atoms with E-state index in [-0.39, 0.29) is 23.5 Å². The van der Waals surface area contributed by atoms with Crippen LogP contribution in [0.2, 0.25) is 0 Å². The SMILES string of the molecule is O=C(Nc1ccc(C(=O)N2CCC(c3ccc(NC(=O)c4cc(F)cc(F)c4F)cc3)CC2)cc1)c1ccco1. The Balaban J connectivity index is 1.14. The van der Waals surface area contributed by atoms with E-state index in [2.05, 4.69) is 10.6 Å². The topological polar surface area (TPSA) is 91.7 Å². The molecule has 3 aromatic carbocycles. The Hall–Kier alpha value is -4.86. The van der Waals surface area contributed by atoms with Gasteiger partial charge in [0.25, 0.3) is 17.7 Å². The third kappa shape index (κ3) is 5.90. The molecule has 0 atom stereocenters. The number of piperidine rings is 1. The minimum absolute atomic E-state index is 0.0959. The molecule has 1 aromatic heterocycles. The maximum atomic E-state index is 13.9. The third-order valence-electron chi connectivity index (χ3n) is 6.79. The minimum atomic E-state index is -1.43. The summed E-state index contributed by atoms with van der Waals surface area (Å²) >= 11 is 0. The number of carbonyl (C=O) groups excluding carboxylic acids is 3. The van der Waals surface area contributed by atoms with Crippen molar-refractivity contribution in [2.24, 2.45) is 0 Å². The smallest absolute Gasteiger partial charge is 0.291 e. The molecule has 0 spiro atoms. The van der Waals surface area contributed by atoms with Crippen LogP contribution in [0, 0.1) is 17.5 Å². The van der Waals surface area contributed by atoms with Gasteiger partial charge in [0.05, 0.1) is 11.8 Å². The first kappa shape index (κ1) is 26.7. The second-order valence-electron chi connectivity index (χ2n) is 9.40. The minimum Gasteiger partial charge on any atom is -0.459 e. The number of furan rings is 1. The Bertz CT molecular complexity index is 1530. The van der Waals surface area contributed by atoms with Crippen molar-refractivity contribution in [1.29, 1.82) is 0 Å². The van der Waals surface area contributed by atoms with Crippen LogP contribution in [0.15, 0.2) is 83.5 Å². The fourth-order valence-corrected chi connectivity index (χ4v) is 4.65. The summed E-state index contributed by atoms with van der Waals surface area (Å²) in [6.45, 7) is 1.12. The Morgan fingerprint density at radius 1 is 0.800 bits per heavy atom. The molecule has 1 aliphatic rings. The van der Waals surface area contributed by atoms with Crippen molar-refractivity contribution < 1.29 is 32.0 Å². The summed E-state index contributed by atoms with van der Waals surface area (Å²) in [6, 6.07) is 17.8. The van der Waals surface area contributed by atoms with E-state index >= 15 is 0 Å². The van der Waals surface area contributed by atoms with Gasteiger partial charge in [0.15, 0.2) is 17.4 Å². The standard InChI is InChI=1S/C30H24F3N3O4/c31-21-16-24(27(33)25(32)17-21)28(37)34-22-7-3-18(4-8-22)19-11-13-36(14-12-19)30(39)20-5-9-23(10-6-20)35-29(38)26-2-1-15-40-26/h1-10,15-17,19H,11-14H2,(H,34,37)(H,35,38). The number of amides is 3. The fraction of sp³-hybridized carbons (Fsp3) is 0.167. The number of rotatable bonds is 6. The predicted molar refractivity (Wildman–Crippen MR) is 142 cm³/mol. The lowest BCUT2D eigenvalue weighted by Crippen LogP contribution is -2.37. The number of likely N-dealkylation sites (tertiary alicyclic amines) is 1. The molecular formula is C30H24F3N3O4. The van der Waals surface area contributed by atoms with Crippen LogP contribution in [0.4, 0.5) is 24.5 Å². The van der Waals surface area contributed by atoms with Gasteiger partial charge in [-0.25, -0.2) is 13.2 Å². The van der Waals surface area contributed by atoms with Gasteiger partial charge in [0, 0.05) is 36.1 Å². The quantitative estimate of drug-likeness (QED) is 0.280. The number of nitrogens with zero attached hydrogens (tertiary/aromatic N) is 1. The largest absolute Gasteiger partial charge is 0.459 e. The first-order chi connectivity index (χ1) is 19.3. The van der Waals surface area contributed by atoms with Crippen LogP contribution >= 0.6 is 0 Å². The monoisotopic (exact) mass is 547 g/mol. The Labute approximate surface area is 227 Å².